The molecule has 1 aliphatic rings. The Balaban J connectivity index is 2.21. The zero-order chi connectivity index (χ0) is 12.2. The van der Waals surface area contributed by atoms with Crippen LogP contribution >= 0.6 is 0 Å². The van der Waals surface area contributed by atoms with Crippen molar-refractivity contribution in [2.45, 2.75) is 58.0 Å². The van der Waals surface area contributed by atoms with Gasteiger partial charge in [-0.25, -0.2) is 13.1 Å². The Hall–Kier alpha value is -0.130. The van der Waals surface area contributed by atoms with E-state index in [9.17, 15) is 8.42 Å². The average Bonchev–Trinajstić information content (AvgIpc) is 2.94. The first kappa shape index (κ1) is 13.9. The molecule has 1 aliphatic carbocycles. The molecule has 16 heavy (non-hydrogen) atoms. The Morgan fingerprint density at radius 1 is 1.31 bits per heavy atom. The highest BCUT2D eigenvalue weighted by molar-refractivity contribution is 7.89. The Morgan fingerprint density at radius 3 is 2.44 bits per heavy atom. The SMILES string of the molecule is CCC(C)(C)NS(=O)(=O)CCCNC1CC1. The third-order valence-electron chi connectivity index (χ3n) is 2.92. The molecule has 0 unspecified atom stereocenters. The molecule has 0 atom stereocenters. The molecule has 0 bridgehead atoms. The van der Waals surface area contributed by atoms with Gasteiger partial charge in [0.05, 0.1) is 5.75 Å². The number of nitrogens with one attached hydrogen (secondary N) is 2. The van der Waals surface area contributed by atoms with E-state index in [1.807, 2.05) is 20.8 Å². The van der Waals surface area contributed by atoms with Crippen LogP contribution in [0.5, 0.6) is 0 Å². The summed E-state index contributed by atoms with van der Waals surface area (Å²) in [6, 6.07) is 0.655. The Kier molecular flexibility index (Phi) is 4.76. The summed E-state index contributed by atoms with van der Waals surface area (Å²) in [5.74, 6) is 0.218. The van der Waals surface area contributed by atoms with Crippen LogP contribution in [0.15, 0.2) is 0 Å². The summed E-state index contributed by atoms with van der Waals surface area (Å²) in [6.07, 6.45) is 3.97. The number of sulfonamides is 1. The first-order chi connectivity index (χ1) is 7.35. The van der Waals surface area contributed by atoms with Crippen molar-refractivity contribution in [1.29, 1.82) is 0 Å². The standard InChI is InChI=1S/C11H24N2O2S/c1-4-11(2,3)13-16(14,15)9-5-8-12-10-6-7-10/h10,12-13H,4-9H2,1-3H3. The maximum absolute atomic E-state index is 11.7. The highest BCUT2D eigenvalue weighted by Gasteiger charge is 2.23. The van der Waals surface area contributed by atoms with Crippen molar-refractivity contribution in [2.75, 3.05) is 12.3 Å². The van der Waals surface area contributed by atoms with Gasteiger partial charge in [0.15, 0.2) is 0 Å². The van der Waals surface area contributed by atoms with Gasteiger partial charge < -0.3 is 5.32 Å². The van der Waals surface area contributed by atoms with Gasteiger partial charge in [-0.05, 0) is 46.1 Å². The Bertz CT molecular complexity index is 308. The van der Waals surface area contributed by atoms with Gasteiger partial charge in [0.25, 0.3) is 0 Å². The van der Waals surface area contributed by atoms with E-state index < -0.39 is 10.0 Å². The average molecular weight is 248 g/mol. The van der Waals surface area contributed by atoms with E-state index in [0.29, 0.717) is 12.5 Å². The molecule has 0 radical (unpaired) electrons. The number of hydrogen-bond donors (Lipinski definition) is 2. The first-order valence-electron chi connectivity index (χ1n) is 6.10. The van der Waals surface area contributed by atoms with Crippen molar-refractivity contribution in [1.82, 2.24) is 10.0 Å². The first-order valence-corrected chi connectivity index (χ1v) is 7.75. The van der Waals surface area contributed by atoms with Crippen LogP contribution in [0.4, 0.5) is 0 Å². The summed E-state index contributed by atoms with van der Waals surface area (Å²) in [5, 5.41) is 3.31. The van der Waals surface area contributed by atoms with E-state index in [0.717, 1.165) is 13.0 Å². The topological polar surface area (TPSA) is 58.2 Å². The highest BCUT2D eigenvalue weighted by atomic mass is 32.2. The van der Waals surface area contributed by atoms with Crippen LogP contribution in [0.25, 0.3) is 0 Å². The third-order valence-corrected chi connectivity index (χ3v) is 4.61. The molecule has 0 saturated heterocycles. The van der Waals surface area contributed by atoms with Crippen LogP contribution in [0.1, 0.15) is 46.5 Å². The number of rotatable bonds is 8. The fourth-order valence-corrected chi connectivity index (χ4v) is 3.01. The van der Waals surface area contributed by atoms with E-state index in [2.05, 4.69) is 10.0 Å². The molecule has 1 fully saturated rings. The van der Waals surface area contributed by atoms with Crippen molar-refractivity contribution < 1.29 is 8.42 Å². The van der Waals surface area contributed by atoms with Crippen LogP contribution in [0.3, 0.4) is 0 Å². The molecule has 2 N–H and O–H groups in total. The maximum atomic E-state index is 11.7. The van der Waals surface area contributed by atoms with Crippen LogP contribution < -0.4 is 10.0 Å². The van der Waals surface area contributed by atoms with Gasteiger partial charge in [0.2, 0.25) is 10.0 Å². The van der Waals surface area contributed by atoms with Crippen molar-refractivity contribution in [3.8, 4) is 0 Å². The van der Waals surface area contributed by atoms with E-state index >= 15 is 0 Å². The highest BCUT2D eigenvalue weighted by Crippen LogP contribution is 2.18. The van der Waals surface area contributed by atoms with E-state index in [-0.39, 0.29) is 11.3 Å². The van der Waals surface area contributed by atoms with Gasteiger partial charge in [-0.15, -0.1) is 0 Å². The Morgan fingerprint density at radius 2 is 1.94 bits per heavy atom. The lowest BCUT2D eigenvalue weighted by atomic mass is 10.0. The van der Waals surface area contributed by atoms with Crippen LogP contribution in [-0.4, -0.2) is 32.3 Å². The van der Waals surface area contributed by atoms with Gasteiger partial charge in [-0.2, -0.15) is 0 Å². The lowest BCUT2D eigenvalue weighted by Gasteiger charge is -2.24. The van der Waals surface area contributed by atoms with E-state index in [4.69, 9.17) is 0 Å². The molecule has 0 aliphatic heterocycles. The fourth-order valence-electron chi connectivity index (χ4n) is 1.40. The van der Waals surface area contributed by atoms with Crippen molar-refractivity contribution in [3.63, 3.8) is 0 Å². The van der Waals surface area contributed by atoms with Crippen LogP contribution in [0, 0.1) is 0 Å². The molecule has 1 rings (SSSR count). The molecule has 0 aromatic carbocycles. The minimum Gasteiger partial charge on any atom is -0.314 e. The Labute approximate surface area is 99.2 Å². The molecule has 96 valence electrons. The molecule has 1 saturated carbocycles. The molecule has 0 heterocycles. The lowest BCUT2D eigenvalue weighted by molar-refractivity contribution is 0.438. The predicted molar refractivity (Wildman–Crippen MR) is 66.9 cm³/mol. The summed E-state index contributed by atoms with van der Waals surface area (Å²) >= 11 is 0. The van der Waals surface area contributed by atoms with Gasteiger partial charge in [-0.3, -0.25) is 0 Å². The summed E-state index contributed by atoms with van der Waals surface area (Å²) in [5.41, 5.74) is -0.331. The summed E-state index contributed by atoms with van der Waals surface area (Å²) in [7, 11) is -3.12. The normalized spacial score (nSPS) is 17.7. The number of hydrogen-bond acceptors (Lipinski definition) is 3. The molecular weight excluding hydrogens is 224 g/mol. The summed E-state index contributed by atoms with van der Waals surface area (Å²) in [4.78, 5) is 0. The minimum absolute atomic E-state index is 0.218. The smallest absolute Gasteiger partial charge is 0.212 e. The largest absolute Gasteiger partial charge is 0.314 e. The van der Waals surface area contributed by atoms with Gasteiger partial charge >= 0.3 is 0 Å². The zero-order valence-corrected chi connectivity index (χ0v) is 11.4. The molecule has 0 aromatic rings. The van der Waals surface area contributed by atoms with Gasteiger partial charge in [0, 0.05) is 11.6 Å². The monoisotopic (exact) mass is 248 g/mol. The molecule has 4 nitrogen and oxygen atoms in total. The second-order valence-electron chi connectivity index (χ2n) is 5.24. The molecule has 0 aromatic heterocycles. The lowest BCUT2D eigenvalue weighted by Crippen LogP contribution is -2.44. The fraction of sp³-hybridized carbons (Fsp3) is 1.00. The predicted octanol–water partition coefficient (Wildman–Crippen LogP) is 1.24. The van der Waals surface area contributed by atoms with E-state index in [1.165, 1.54) is 12.8 Å². The van der Waals surface area contributed by atoms with Crippen LogP contribution in [0.2, 0.25) is 0 Å². The second kappa shape index (κ2) is 5.47. The van der Waals surface area contributed by atoms with Crippen molar-refractivity contribution in [2.24, 2.45) is 0 Å². The van der Waals surface area contributed by atoms with Crippen molar-refractivity contribution in [3.05, 3.63) is 0 Å². The minimum atomic E-state index is -3.12. The summed E-state index contributed by atoms with van der Waals surface area (Å²) in [6.45, 7) is 6.61. The molecular formula is C11H24N2O2S. The van der Waals surface area contributed by atoms with Crippen LogP contribution in [-0.2, 0) is 10.0 Å². The zero-order valence-electron chi connectivity index (χ0n) is 10.5. The van der Waals surface area contributed by atoms with Gasteiger partial charge in [0.1, 0.15) is 0 Å². The third kappa shape index (κ3) is 5.82. The quantitative estimate of drug-likeness (QED) is 0.635. The molecule has 5 heteroatoms. The summed E-state index contributed by atoms with van der Waals surface area (Å²) < 4.78 is 26.2. The second-order valence-corrected chi connectivity index (χ2v) is 7.08. The molecule has 0 spiro atoms. The molecule has 0 amide bonds. The van der Waals surface area contributed by atoms with E-state index in [1.54, 1.807) is 0 Å². The maximum Gasteiger partial charge on any atom is 0.212 e. The van der Waals surface area contributed by atoms with Crippen molar-refractivity contribution >= 4 is 10.0 Å². The van der Waals surface area contributed by atoms with Gasteiger partial charge in [-0.1, -0.05) is 6.92 Å².